The van der Waals surface area contributed by atoms with E-state index >= 15 is 0 Å². The van der Waals surface area contributed by atoms with Crippen molar-refractivity contribution in [1.29, 1.82) is 0 Å². The first-order valence-corrected chi connectivity index (χ1v) is 5.90. The lowest BCUT2D eigenvalue weighted by Gasteiger charge is -2.05. The molecule has 3 aromatic rings. The molecule has 2 aromatic heterocycles. The third kappa shape index (κ3) is 2.77. The summed E-state index contributed by atoms with van der Waals surface area (Å²) in [5.74, 6) is 0.502. The molecule has 0 unspecified atom stereocenters. The first-order valence-electron chi connectivity index (χ1n) is 5.90. The average molecular weight is 252 g/mol. The molecule has 0 saturated carbocycles. The minimum atomic E-state index is 0.477. The van der Waals surface area contributed by atoms with Crippen LogP contribution in [0.5, 0.6) is 5.88 Å². The Morgan fingerprint density at radius 1 is 1.05 bits per heavy atom. The molecule has 0 bridgehead atoms. The molecule has 2 heterocycles. The molecule has 0 spiro atoms. The Labute approximate surface area is 110 Å². The topological polar surface area (TPSA) is 63.7 Å². The normalized spacial score (nSPS) is 10.3. The summed E-state index contributed by atoms with van der Waals surface area (Å²) < 4.78 is 5.63. The summed E-state index contributed by atoms with van der Waals surface area (Å²) in [7, 11) is 0. The van der Waals surface area contributed by atoms with Crippen LogP contribution in [0.25, 0.3) is 11.3 Å². The highest BCUT2D eigenvalue weighted by Crippen LogP contribution is 2.17. The summed E-state index contributed by atoms with van der Waals surface area (Å²) in [5.41, 5.74) is 2.72. The molecule has 0 radical (unpaired) electrons. The van der Waals surface area contributed by atoms with E-state index in [0.29, 0.717) is 12.5 Å². The Hall–Kier alpha value is -2.69. The number of ether oxygens (including phenoxy) is 1. The van der Waals surface area contributed by atoms with Gasteiger partial charge in [-0.3, -0.25) is 10.1 Å². The minimum absolute atomic E-state index is 0.477. The van der Waals surface area contributed by atoms with E-state index in [4.69, 9.17) is 4.74 Å². The van der Waals surface area contributed by atoms with Gasteiger partial charge in [-0.05, 0) is 5.56 Å². The molecule has 1 aromatic carbocycles. The largest absolute Gasteiger partial charge is 0.472 e. The highest BCUT2D eigenvalue weighted by Gasteiger charge is 2.04. The molecule has 0 aliphatic carbocycles. The number of nitrogens with zero attached hydrogens (tertiary/aromatic N) is 3. The summed E-state index contributed by atoms with van der Waals surface area (Å²) in [6.45, 7) is 0.477. The van der Waals surface area contributed by atoms with E-state index in [1.807, 2.05) is 30.3 Å². The Bertz CT molecular complexity index is 638. The van der Waals surface area contributed by atoms with Crippen molar-refractivity contribution in [3.8, 4) is 17.1 Å². The van der Waals surface area contributed by atoms with Crippen LogP contribution in [0.2, 0.25) is 0 Å². The van der Waals surface area contributed by atoms with Crippen molar-refractivity contribution in [2.75, 3.05) is 0 Å². The smallest absolute Gasteiger partial charge is 0.233 e. The Morgan fingerprint density at radius 3 is 2.74 bits per heavy atom. The van der Waals surface area contributed by atoms with E-state index < -0.39 is 0 Å². The number of aromatic amines is 1. The van der Waals surface area contributed by atoms with Gasteiger partial charge >= 0.3 is 0 Å². The van der Waals surface area contributed by atoms with Crippen molar-refractivity contribution in [2.24, 2.45) is 0 Å². The standard InChI is InChI=1S/C14H12N4O/c1-2-4-11(5-3-1)10-19-14-9-15-8-13(18-14)12-6-16-17-7-12/h1-9H,10H2,(H,16,17). The van der Waals surface area contributed by atoms with E-state index in [1.165, 1.54) is 0 Å². The van der Waals surface area contributed by atoms with Crippen molar-refractivity contribution >= 4 is 0 Å². The number of benzene rings is 1. The number of aromatic nitrogens is 4. The number of H-pyrrole nitrogens is 1. The molecule has 0 saturated heterocycles. The predicted molar refractivity (Wildman–Crippen MR) is 70.4 cm³/mol. The van der Waals surface area contributed by atoms with Gasteiger partial charge in [-0.25, -0.2) is 4.98 Å². The van der Waals surface area contributed by atoms with Gasteiger partial charge < -0.3 is 4.74 Å². The van der Waals surface area contributed by atoms with Gasteiger partial charge in [0.1, 0.15) is 6.61 Å². The molecule has 0 atom stereocenters. The molecule has 1 N–H and O–H groups in total. The van der Waals surface area contributed by atoms with Crippen molar-refractivity contribution in [1.82, 2.24) is 20.2 Å². The van der Waals surface area contributed by atoms with Crippen LogP contribution in [0.1, 0.15) is 5.56 Å². The second-order valence-corrected chi connectivity index (χ2v) is 4.00. The monoisotopic (exact) mass is 252 g/mol. The van der Waals surface area contributed by atoms with Gasteiger partial charge in [-0.15, -0.1) is 0 Å². The second-order valence-electron chi connectivity index (χ2n) is 4.00. The van der Waals surface area contributed by atoms with E-state index in [0.717, 1.165) is 16.8 Å². The lowest BCUT2D eigenvalue weighted by Crippen LogP contribution is -1.98. The van der Waals surface area contributed by atoms with Gasteiger partial charge in [0.15, 0.2) is 0 Å². The van der Waals surface area contributed by atoms with Gasteiger partial charge in [-0.2, -0.15) is 5.10 Å². The van der Waals surface area contributed by atoms with Crippen LogP contribution >= 0.6 is 0 Å². The Balaban J connectivity index is 1.74. The van der Waals surface area contributed by atoms with Gasteiger partial charge in [0.05, 0.1) is 24.3 Å². The number of rotatable bonds is 4. The van der Waals surface area contributed by atoms with Gasteiger partial charge in [0.2, 0.25) is 5.88 Å². The quantitative estimate of drug-likeness (QED) is 0.774. The SMILES string of the molecule is c1ccc(COc2cncc(-c3cn[nH]c3)n2)cc1. The predicted octanol–water partition coefficient (Wildman–Crippen LogP) is 2.45. The fraction of sp³-hybridized carbons (Fsp3) is 0.0714. The van der Waals surface area contributed by atoms with Crippen LogP contribution in [0.4, 0.5) is 0 Å². The summed E-state index contributed by atoms with van der Waals surface area (Å²) in [6.07, 6.45) is 6.75. The summed E-state index contributed by atoms with van der Waals surface area (Å²) in [5, 5.41) is 6.64. The molecule has 5 heteroatoms. The molecular weight excluding hydrogens is 240 g/mol. The average Bonchev–Trinajstić information content (AvgIpc) is 3.01. The van der Waals surface area contributed by atoms with Crippen LogP contribution in [0.15, 0.2) is 55.1 Å². The maximum atomic E-state index is 5.63. The van der Waals surface area contributed by atoms with Crippen LogP contribution in [0, 0.1) is 0 Å². The van der Waals surface area contributed by atoms with E-state index in [-0.39, 0.29) is 0 Å². The van der Waals surface area contributed by atoms with Gasteiger partial charge in [0.25, 0.3) is 0 Å². The fourth-order valence-corrected chi connectivity index (χ4v) is 1.68. The maximum absolute atomic E-state index is 5.63. The third-order valence-corrected chi connectivity index (χ3v) is 2.64. The zero-order chi connectivity index (χ0) is 12.9. The summed E-state index contributed by atoms with van der Waals surface area (Å²) in [4.78, 5) is 8.51. The first-order chi connectivity index (χ1) is 9.42. The molecule has 0 aliphatic heterocycles. The zero-order valence-corrected chi connectivity index (χ0v) is 10.2. The van der Waals surface area contributed by atoms with E-state index in [9.17, 15) is 0 Å². The molecule has 94 valence electrons. The number of hydrogen-bond donors (Lipinski definition) is 1. The Morgan fingerprint density at radius 2 is 1.95 bits per heavy atom. The lowest BCUT2D eigenvalue weighted by atomic mass is 10.2. The minimum Gasteiger partial charge on any atom is -0.472 e. The van der Waals surface area contributed by atoms with Gasteiger partial charge in [-0.1, -0.05) is 30.3 Å². The van der Waals surface area contributed by atoms with E-state index in [2.05, 4.69) is 20.2 Å². The van der Waals surface area contributed by atoms with Gasteiger partial charge in [0, 0.05) is 11.8 Å². The number of nitrogens with one attached hydrogen (secondary N) is 1. The molecule has 0 aliphatic rings. The second kappa shape index (κ2) is 5.30. The fourth-order valence-electron chi connectivity index (χ4n) is 1.68. The lowest BCUT2D eigenvalue weighted by molar-refractivity contribution is 0.293. The van der Waals surface area contributed by atoms with Crippen LogP contribution in [-0.4, -0.2) is 20.2 Å². The first kappa shape index (κ1) is 11.4. The molecule has 3 rings (SSSR count). The van der Waals surface area contributed by atoms with Crippen molar-refractivity contribution < 1.29 is 4.74 Å². The summed E-state index contributed by atoms with van der Waals surface area (Å²) in [6, 6.07) is 9.95. The molecule has 0 amide bonds. The van der Waals surface area contributed by atoms with Crippen LogP contribution in [-0.2, 0) is 6.61 Å². The summed E-state index contributed by atoms with van der Waals surface area (Å²) >= 11 is 0. The third-order valence-electron chi connectivity index (χ3n) is 2.64. The van der Waals surface area contributed by atoms with Crippen molar-refractivity contribution in [3.63, 3.8) is 0 Å². The number of hydrogen-bond acceptors (Lipinski definition) is 4. The molecular formula is C14H12N4O. The molecule has 5 nitrogen and oxygen atoms in total. The Kier molecular flexibility index (Phi) is 3.18. The van der Waals surface area contributed by atoms with Crippen molar-refractivity contribution in [2.45, 2.75) is 6.61 Å². The van der Waals surface area contributed by atoms with Crippen LogP contribution < -0.4 is 4.74 Å². The van der Waals surface area contributed by atoms with Crippen molar-refractivity contribution in [3.05, 3.63) is 60.7 Å². The zero-order valence-electron chi connectivity index (χ0n) is 10.2. The molecule has 19 heavy (non-hydrogen) atoms. The van der Waals surface area contributed by atoms with E-state index in [1.54, 1.807) is 24.8 Å². The molecule has 0 fully saturated rings. The van der Waals surface area contributed by atoms with Crippen LogP contribution in [0.3, 0.4) is 0 Å². The highest BCUT2D eigenvalue weighted by molar-refractivity contribution is 5.55. The highest BCUT2D eigenvalue weighted by atomic mass is 16.5. The maximum Gasteiger partial charge on any atom is 0.233 e.